The quantitative estimate of drug-likeness (QED) is 0.834. The molecule has 2 N–H and O–H groups in total. The van der Waals surface area contributed by atoms with E-state index in [0.29, 0.717) is 24.4 Å². The molecule has 0 amide bonds. The number of carboxylic acid groups (broad SMARTS) is 1. The molecule has 0 aromatic heterocycles. The van der Waals surface area contributed by atoms with E-state index in [1.165, 1.54) is 5.56 Å². The summed E-state index contributed by atoms with van der Waals surface area (Å²) in [5, 5.41) is 19.8. The average Bonchev–Trinajstić information content (AvgIpc) is 2.68. The van der Waals surface area contributed by atoms with E-state index in [-0.39, 0.29) is 18.4 Å². The average molecular weight is 355 g/mol. The third-order valence-electron chi connectivity index (χ3n) is 5.24. The number of hydrogen-bond donors (Lipinski definition) is 2. The lowest BCUT2D eigenvalue weighted by molar-refractivity contribution is -0.144. The molecule has 2 aromatic carbocycles. The van der Waals surface area contributed by atoms with Crippen LogP contribution in [-0.2, 0) is 4.79 Å². The fraction of sp³-hybridized carbons (Fsp3) is 0.381. The fourth-order valence-corrected chi connectivity index (χ4v) is 3.94. The second-order valence-electron chi connectivity index (χ2n) is 6.76. The zero-order valence-corrected chi connectivity index (χ0v) is 14.9. The van der Waals surface area contributed by atoms with Gasteiger partial charge in [0.15, 0.2) is 0 Å². The molecule has 1 aliphatic heterocycles. The number of likely N-dealkylation sites (tertiary alicyclic amines) is 1. The number of methoxy groups -OCH3 is 1. The summed E-state index contributed by atoms with van der Waals surface area (Å²) in [6.07, 6.45) is 0.822. The number of carboxylic acids is 1. The molecule has 0 spiro atoms. The van der Waals surface area contributed by atoms with Gasteiger partial charge in [-0.2, -0.15) is 0 Å². The lowest BCUT2D eigenvalue weighted by Crippen LogP contribution is -2.45. The van der Waals surface area contributed by atoms with E-state index < -0.39 is 12.0 Å². The predicted molar refractivity (Wildman–Crippen MR) is 99.3 cm³/mol. The molecule has 1 fully saturated rings. The molecule has 1 heterocycles. The van der Waals surface area contributed by atoms with E-state index in [2.05, 4.69) is 12.1 Å². The number of aliphatic carboxylic acids is 1. The van der Waals surface area contributed by atoms with Gasteiger partial charge in [-0.05, 0) is 42.1 Å². The van der Waals surface area contributed by atoms with Crippen LogP contribution in [0.15, 0.2) is 54.6 Å². The van der Waals surface area contributed by atoms with E-state index in [0.717, 1.165) is 6.42 Å². The largest absolute Gasteiger partial charge is 0.497 e. The van der Waals surface area contributed by atoms with Crippen molar-refractivity contribution in [2.45, 2.75) is 18.4 Å². The Labute approximate surface area is 153 Å². The molecule has 5 nitrogen and oxygen atoms in total. The number of ether oxygens (including phenoxy) is 1. The molecule has 2 aromatic rings. The van der Waals surface area contributed by atoms with E-state index in [1.807, 2.05) is 35.2 Å². The number of aliphatic hydroxyl groups excluding tert-OH is 1. The summed E-state index contributed by atoms with van der Waals surface area (Å²) in [5.41, 5.74) is 1.91. The minimum absolute atomic E-state index is 0.0126. The van der Waals surface area contributed by atoms with Gasteiger partial charge in [0.25, 0.3) is 0 Å². The van der Waals surface area contributed by atoms with Gasteiger partial charge in [0, 0.05) is 19.1 Å². The highest BCUT2D eigenvalue weighted by atomic mass is 16.5. The van der Waals surface area contributed by atoms with Gasteiger partial charge < -0.3 is 14.9 Å². The third kappa shape index (κ3) is 3.89. The van der Waals surface area contributed by atoms with Crippen LogP contribution in [-0.4, -0.2) is 47.9 Å². The first-order valence-corrected chi connectivity index (χ1v) is 8.90. The van der Waals surface area contributed by atoms with Gasteiger partial charge in [-0.3, -0.25) is 9.69 Å². The van der Waals surface area contributed by atoms with Crippen LogP contribution in [0.5, 0.6) is 5.75 Å². The highest BCUT2D eigenvalue weighted by molar-refractivity contribution is 5.75. The van der Waals surface area contributed by atoms with Crippen molar-refractivity contribution in [3.8, 4) is 5.75 Å². The molecule has 26 heavy (non-hydrogen) atoms. The van der Waals surface area contributed by atoms with Crippen molar-refractivity contribution in [2.75, 3.05) is 26.8 Å². The molecule has 1 saturated heterocycles. The number of hydrogen-bond acceptors (Lipinski definition) is 4. The number of rotatable bonds is 6. The Bertz CT molecular complexity index is 734. The Hall–Kier alpha value is -2.37. The Morgan fingerprint density at radius 3 is 2.65 bits per heavy atom. The van der Waals surface area contributed by atoms with Crippen molar-refractivity contribution < 1.29 is 19.7 Å². The van der Waals surface area contributed by atoms with Crippen LogP contribution in [0, 0.1) is 5.92 Å². The van der Waals surface area contributed by atoms with Gasteiger partial charge in [0.2, 0.25) is 0 Å². The minimum Gasteiger partial charge on any atom is -0.497 e. The monoisotopic (exact) mass is 355 g/mol. The molecule has 1 aliphatic rings. The van der Waals surface area contributed by atoms with Crippen molar-refractivity contribution in [1.82, 2.24) is 4.90 Å². The van der Waals surface area contributed by atoms with Crippen molar-refractivity contribution in [3.63, 3.8) is 0 Å². The predicted octanol–water partition coefficient (Wildman–Crippen LogP) is 2.92. The standard InChI is InChI=1S/C21H25NO4/c1-26-18-9-5-8-16(12-18)20(21(24)25)22-11-10-19(17(13-22)14-23)15-6-3-2-4-7-15/h2-9,12,17,19-20,23H,10-11,13-14H2,1H3,(H,24,25)/t17-,19+,20?/m0/s1. The van der Waals surface area contributed by atoms with Crippen LogP contribution < -0.4 is 4.74 Å². The molecule has 5 heteroatoms. The normalized spacial score (nSPS) is 21.9. The van der Waals surface area contributed by atoms with E-state index in [1.54, 1.807) is 19.2 Å². The Morgan fingerprint density at radius 1 is 1.23 bits per heavy atom. The first-order chi connectivity index (χ1) is 12.6. The summed E-state index contributed by atoms with van der Waals surface area (Å²) in [5.74, 6) is 0.0237. The Morgan fingerprint density at radius 2 is 2.00 bits per heavy atom. The lowest BCUT2D eigenvalue weighted by atomic mass is 9.80. The first-order valence-electron chi connectivity index (χ1n) is 8.90. The molecule has 138 valence electrons. The molecular formula is C21H25NO4. The highest BCUT2D eigenvalue weighted by Gasteiger charge is 2.36. The second kappa shape index (κ2) is 8.34. The summed E-state index contributed by atoms with van der Waals surface area (Å²) in [6.45, 7) is 1.26. The summed E-state index contributed by atoms with van der Waals surface area (Å²) in [4.78, 5) is 14.0. The third-order valence-corrected chi connectivity index (χ3v) is 5.24. The molecule has 0 bridgehead atoms. The summed E-state index contributed by atoms with van der Waals surface area (Å²) in [6, 6.07) is 16.6. The first kappa shape index (κ1) is 18.4. The zero-order chi connectivity index (χ0) is 18.5. The Kier molecular flexibility index (Phi) is 5.91. The molecule has 3 rings (SSSR count). The molecule has 0 saturated carbocycles. The second-order valence-corrected chi connectivity index (χ2v) is 6.76. The molecule has 1 unspecified atom stereocenters. The van der Waals surface area contributed by atoms with Crippen LogP contribution in [0.25, 0.3) is 0 Å². The van der Waals surface area contributed by atoms with E-state index in [9.17, 15) is 15.0 Å². The van der Waals surface area contributed by atoms with Crippen molar-refractivity contribution >= 4 is 5.97 Å². The van der Waals surface area contributed by atoms with Crippen LogP contribution in [0.3, 0.4) is 0 Å². The fourth-order valence-electron chi connectivity index (χ4n) is 3.94. The van der Waals surface area contributed by atoms with Gasteiger partial charge in [0.1, 0.15) is 11.8 Å². The van der Waals surface area contributed by atoms with Crippen molar-refractivity contribution in [2.24, 2.45) is 5.92 Å². The van der Waals surface area contributed by atoms with Crippen molar-refractivity contribution in [1.29, 1.82) is 0 Å². The van der Waals surface area contributed by atoms with Crippen LogP contribution >= 0.6 is 0 Å². The molecule has 0 aliphatic carbocycles. The summed E-state index contributed by atoms with van der Waals surface area (Å²) in [7, 11) is 1.57. The maximum absolute atomic E-state index is 12.0. The van der Waals surface area contributed by atoms with Crippen LogP contribution in [0.1, 0.15) is 29.5 Å². The Balaban J connectivity index is 1.82. The topological polar surface area (TPSA) is 70.0 Å². The van der Waals surface area contributed by atoms with E-state index in [4.69, 9.17) is 4.74 Å². The van der Waals surface area contributed by atoms with E-state index >= 15 is 0 Å². The smallest absolute Gasteiger partial charge is 0.325 e. The van der Waals surface area contributed by atoms with Crippen molar-refractivity contribution in [3.05, 3.63) is 65.7 Å². The maximum atomic E-state index is 12.0. The zero-order valence-electron chi connectivity index (χ0n) is 14.9. The SMILES string of the molecule is COc1cccc(C(C(=O)O)N2CC[C@H](c3ccccc3)[C@H](CO)C2)c1. The van der Waals surface area contributed by atoms with Crippen LogP contribution in [0.4, 0.5) is 0 Å². The molecular weight excluding hydrogens is 330 g/mol. The number of carbonyl (C=O) groups is 1. The van der Waals surface area contributed by atoms with Gasteiger partial charge in [-0.15, -0.1) is 0 Å². The molecule has 3 atom stereocenters. The maximum Gasteiger partial charge on any atom is 0.325 e. The van der Waals surface area contributed by atoms with Gasteiger partial charge >= 0.3 is 5.97 Å². The number of piperidine rings is 1. The molecule has 0 radical (unpaired) electrons. The van der Waals surface area contributed by atoms with Gasteiger partial charge in [-0.25, -0.2) is 0 Å². The highest BCUT2D eigenvalue weighted by Crippen LogP contribution is 2.36. The minimum atomic E-state index is -0.881. The number of aliphatic hydroxyl groups is 1. The van der Waals surface area contributed by atoms with Gasteiger partial charge in [-0.1, -0.05) is 42.5 Å². The number of benzene rings is 2. The van der Waals surface area contributed by atoms with Gasteiger partial charge in [0.05, 0.1) is 7.11 Å². The lowest BCUT2D eigenvalue weighted by Gasteiger charge is -2.40. The summed E-state index contributed by atoms with van der Waals surface area (Å²) < 4.78 is 5.24. The van der Waals surface area contributed by atoms with Crippen LogP contribution in [0.2, 0.25) is 0 Å². The number of nitrogens with zero attached hydrogens (tertiary/aromatic N) is 1. The summed E-state index contributed by atoms with van der Waals surface area (Å²) >= 11 is 0.